The molecule has 1 aliphatic carbocycles. The summed E-state index contributed by atoms with van der Waals surface area (Å²) in [5, 5.41) is 3.40. The smallest absolute Gasteiger partial charge is 0.207 e. The van der Waals surface area contributed by atoms with Gasteiger partial charge in [0.15, 0.2) is 0 Å². The normalized spacial score (nSPS) is 14.5. The zero-order valence-corrected chi connectivity index (χ0v) is 11.6. The fourth-order valence-corrected chi connectivity index (χ4v) is 2.28. The van der Waals surface area contributed by atoms with Crippen LogP contribution in [0.5, 0.6) is 5.75 Å². The highest BCUT2D eigenvalue weighted by Gasteiger charge is 2.26. The number of nitrogens with zero attached hydrogens (tertiary/aromatic N) is 2. The highest BCUT2D eigenvalue weighted by Crippen LogP contribution is 2.38. The van der Waals surface area contributed by atoms with Gasteiger partial charge in [-0.25, -0.2) is 4.98 Å². The Hall–Kier alpha value is -1.97. The summed E-state index contributed by atoms with van der Waals surface area (Å²) < 4.78 is 7.63. The number of methoxy groups -OCH3 is 1. The maximum Gasteiger partial charge on any atom is 0.207 e. The van der Waals surface area contributed by atoms with Crippen molar-refractivity contribution in [2.24, 2.45) is 0 Å². The number of hydrogen-bond donors (Lipinski definition) is 1. The zero-order valence-electron chi connectivity index (χ0n) is 11.6. The van der Waals surface area contributed by atoms with Crippen LogP contribution in [-0.2, 0) is 0 Å². The molecule has 2 aromatic rings. The molecule has 4 heteroatoms. The van der Waals surface area contributed by atoms with Crippen molar-refractivity contribution in [2.45, 2.75) is 32.7 Å². The van der Waals surface area contributed by atoms with Crippen LogP contribution in [0.15, 0.2) is 24.4 Å². The standard InChI is InChI=1S/C15H19N3O/c1-10-4-7-14(19-3)13(8-10)17-15-16-11(2)9-18(15)12-5-6-12/h4,7-9,12H,5-6H2,1-3H3,(H,16,17). The molecular formula is C15H19N3O. The summed E-state index contributed by atoms with van der Waals surface area (Å²) in [4.78, 5) is 4.57. The summed E-state index contributed by atoms with van der Waals surface area (Å²) in [6.45, 7) is 4.10. The second kappa shape index (κ2) is 4.61. The maximum atomic E-state index is 5.40. The van der Waals surface area contributed by atoms with Crippen molar-refractivity contribution < 1.29 is 4.74 Å². The average molecular weight is 257 g/mol. The van der Waals surface area contributed by atoms with Crippen molar-refractivity contribution in [3.8, 4) is 5.75 Å². The summed E-state index contributed by atoms with van der Waals surface area (Å²) in [5.41, 5.74) is 3.21. The predicted molar refractivity (Wildman–Crippen MR) is 76.2 cm³/mol. The second-order valence-electron chi connectivity index (χ2n) is 5.17. The van der Waals surface area contributed by atoms with Crippen molar-refractivity contribution in [3.63, 3.8) is 0 Å². The number of imidazole rings is 1. The molecule has 1 aromatic heterocycles. The summed E-state index contributed by atoms with van der Waals surface area (Å²) >= 11 is 0. The van der Waals surface area contributed by atoms with Crippen LogP contribution in [0.25, 0.3) is 0 Å². The van der Waals surface area contributed by atoms with Gasteiger partial charge in [-0.15, -0.1) is 0 Å². The second-order valence-corrected chi connectivity index (χ2v) is 5.17. The molecule has 0 aliphatic heterocycles. The Morgan fingerprint density at radius 1 is 1.32 bits per heavy atom. The molecule has 1 aromatic carbocycles. The molecule has 3 rings (SSSR count). The van der Waals surface area contributed by atoms with E-state index in [4.69, 9.17) is 4.74 Å². The van der Waals surface area contributed by atoms with Crippen LogP contribution in [0.2, 0.25) is 0 Å². The molecule has 1 fully saturated rings. The summed E-state index contributed by atoms with van der Waals surface area (Å²) in [6, 6.07) is 6.72. The van der Waals surface area contributed by atoms with Crippen molar-refractivity contribution in [2.75, 3.05) is 12.4 Å². The number of nitrogens with one attached hydrogen (secondary N) is 1. The van der Waals surface area contributed by atoms with Crippen LogP contribution in [0.4, 0.5) is 11.6 Å². The van der Waals surface area contributed by atoms with E-state index < -0.39 is 0 Å². The van der Waals surface area contributed by atoms with Gasteiger partial charge in [-0.05, 0) is 44.4 Å². The summed E-state index contributed by atoms with van der Waals surface area (Å²) in [7, 11) is 1.69. The number of rotatable bonds is 4. The lowest BCUT2D eigenvalue weighted by atomic mass is 10.2. The highest BCUT2D eigenvalue weighted by atomic mass is 16.5. The van der Waals surface area contributed by atoms with E-state index in [2.05, 4.69) is 34.1 Å². The van der Waals surface area contributed by atoms with E-state index in [9.17, 15) is 0 Å². The van der Waals surface area contributed by atoms with Crippen LogP contribution >= 0.6 is 0 Å². The largest absolute Gasteiger partial charge is 0.495 e. The van der Waals surface area contributed by atoms with Gasteiger partial charge in [-0.1, -0.05) is 6.07 Å². The molecule has 0 spiro atoms. The van der Waals surface area contributed by atoms with Crippen molar-refractivity contribution in [1.29, 1.82) is 0 Å². The van der Waals surface area contributed by atoms with Gasteiger partial charge >= 0.3 is 0 Å². The lowest BCUT2D eigenvalue weighted by Crippen LogP contribution is -2.02. The Balaban J connectivity index is 1.94. The van der Waals surface area contributed by atoms with E-state index in [-0.39, 0.29) is 0 Å². The molecule has 100 valence electrons. The lowest BCUT2D eigenvalue weighted by molar-refractivity contribution is 0.416. The van der Waals surface area contributed by atoms with E-state index in [0.717, 1.165) is 23.1 Å². The molecule has 1 N–H and O–H groups in total. The van der Waals surface area contributed by atoms with Crippen LogP contribution in [-0.4, -0.2) is 16.7 Å². The fourth-order valence-electron chi connectivity index (χ4n) is 2.28. The molecule has 0 amide bonds. The Morgan fingerprint density at radius 3 is 2.79 bits per heavy atom. The zero-order chi connectivity index (χ0) is 13.4. The van der Waals surface area contributed by atoms with Gasteiger partial charge in [0.1, 0.15) is 5.75 Å². The topological polar surface area (TPSA) is 39.1 Å². The van der Waals surface area contributed by atoms with Crippen LogP contribution in [0.1, 0.15) is 30.1 Å². The molecule has 0 saturated heterocycles. The first-order chi connectivity index (χ1) is 9.17. The number of aryl methyl sites for hydroxylation is 2. The predicted octanol–water partition coefficient (Wildman–Crippen LogP) is 3.59. The SMILES string of the molecule is COc1ccc(C)cc1Nc1nc(C)cn1C1CC1. The third-order valence-electron chi connectivity index (χ3n) is 3.39. The van der Waals surface area contributed by atoms with E-state index in [1.807, 2.05) is 19.1 Å². The Bertz CT molecular complexity index is 599. The Kier molecular flexibility index (Phi) is 2.93. The monoisotopic (exact) mass is 257 g/mol. The minimum atomic E-state index is 0.611. The number of ether oxygens (including phenoxy) is 1. The highest BCUT2D eigenvalue weighted by molar-refractivity contribution is 5.64. The molecule has 0 atom stereocenters. The van der Waals surface area contributed by atoms with Crippen molar-refractivity contribution in [1.82, 2.24) is 9.55 Å². The van der Waals surface area contributed by atoms with Crippen molar-refractivity contribution in [3.05, 3.63) is 35.7 Å². The van der Waals surface area contributed by atoms with Gasteiger partial charge in [0.25, 0.3) is 0 Å². The number of hydrogen-bond acceptors (Lipinski definition) is 3. The average Bonchev–Trinajstić information content (AvgIpc) is 3.15. The molecule has 1 saturated carbocycles. The third kappa shape index (κ3) is 2.43. The van der Waals surface area contributed by atoms with E-state index >= 15 is 0 Å². The third-order valence-corrected chi connectivity index (χ3v) is 3.39. The minimum absolute atomic E-state index is 0.611. The Morgan fingerprint density at radius 2 is 2.11 bits per heavy atom. The first-order valence-electron chi connectivity index (χ1n) is 6.64. The number of benzene rings is 1. The first-order valence-corrected chi connectivity index (χ1v) is 6.64. The van der Waals surface area contributed by atoms with E-state index in [0.29, 0.717) is 6.04 Å². The number of anilines is 2. The summed E-state index contributed by atoms with van der Waals surface area (Å²) in [6.07, 6.45) is 4.60. The molecule has 1 aliphatic rings. The van der Waals surface area contributed by atoms with Crippen molar-refractivity contribution >= 4 is 11.6 Å². The molecule has 19 heavy (non-hydrogen) atoms. The molecule has 4 nitrogen and oxygen atoms in total. The molecule has 0 unspecified atom stereocenters. The van der Waals surface area contributed by atoms with Crippen LogP contribution in [0.3, 0.4) is 0 Å². The first kappa shape index (κ1) is 12.1. The quantitative estimate of drug-likeness (QED) is 0.909. The van der Waals surface area contributed by atoms with Gasteiger partial charge in [-0.2, -0.15) is 0 Å². The molecule has 0 bridgehead atoms. The van der Waals surface area contributed by atoms with Crippen LogP contribution in [0, 0.1) is 13.8 Å². The van der Waals surface area contributed by atoms with E-state index in [1.54, 1.807) is 7.11 Å². The van der Waals surface area contributed by atoms with Crippen LogP contribution < -0.4 is 10.1 Å². The maximum absolute atomic E-state index is 5.40. The molecule has 0 radical (unpaired) electrons. The lowest BCUT2D eigenvalue weighted by Gasteiger charge is -2.12. The van der Waals surface area contributed by atoms with E-state index in [1.165, 1.54) is 18.4 Å². The fraction of sp³-hybridized carbons (Fsp3) is 0.400. The van der Waals surface area contributed by atoms with Gasteiger partial charge in [0.2, 0.25) is 5.95 Å². The van der Waals surface area contributed by atoms with Gasteiger partial charge in [-0.3, -0.25) is 0 Å². The van der Waals surface area contributed by atoms with Gasteiger partial charge < -0.3 is 14.6 Å². The molecular weight excluding hydrogens is 238 g/mol. The summed E-state index contributed by atoms with van der Waals surface area (Å²) in [5.74, 6) is 1.75. The number of aromatic nitrogens is 2. The Labute approximate surface area is 113 Å². The molecule has 1 heterocycles. The van der Waals surface area contributed by atoms with Gasteiger partial charge in [0.05, 0.1) is 18.5 Å². The minimum Gasteiger partial charge on any atom is -0.495 e. The van der Waals surface area contributed by atoms with Gasteiger partial charge in [0, 0.05) is 12.2 Å².